The van der Waals surface area contributed by atoms with Crippen molar-refractivity contribution in [3.8, 4) is 5.75 Å². The van der Waals surface area contributed by atoms with E-state index in [4.69, 9.17) is 14.2 Å². The number of allylic oxidation sites excluding steroid dienone is 1. The fourth-order valence-corrected chi connectivity index (χ4v) is 7.93. The van der Waals surface area contributed by atoms with E-state index in [1.54, 1.807) is 60.4 Å². The van der Waals surface area contributed by atoms with Crippen LogP contribution in [0.2, 0.25) is 0 Å². The first kappa shape index (κ1) is 36.8. The molecule has 8 atom stereocenters. The van der Waals surface area contributed by atoms with Crippen LogP contribution in [0.5, 0.6) is 5.75 Å². The number of hydrogen-bond donors (Lipinski definition) is 1. The molecule has 2 aromatic rings. The van der Waals surface area contributed by atoms with Crippen LogP contribution in [0.15, 0.2) is 79.9 Å². The van der Waals surface area contributed by atoms with Gasteiger partial charge in [-0.2, -0.15) is 0 Å². The van der Waals surface area contributed by atoms with Crippen molar-refractivity contribution < 1.29 is 38.5 Å². The quantitative estimate of drug-likeness (QED) is 0.203. The molecule has 1 spiro atoms. The average molecular weight is 688 g/mol. The number of amides is 3. The topological polar surface area (TPSA) is 126 Å². The Morgan fingerprint density at radius 2 is 1.82 bits per heavy atom. The second-order valence-electron chi connectivity index (χ2n) is 13.3. The van der Waals surface area contributed by atoms with E-state index in [1.165, 1.54) is 4.90 Å². The minimum Gasteiger partial charge on any atom is -0.497 e. The van der Waals surface area contributed by atoms with Gasteiger partial charge in [0.05, 0.1) is 43.7 Å². The van der Waals surface area contributed by atoms with Crippen molar-refractivity contribution in [3.63, 3.8) is 0 Å². The number of aliphatic hydroxyl groups excluding tert-OH is 1. The minimum atomic E-state index is -1.30. The largest absolute Gasteiger partial charge is 0.497 e. The number of likely N-dealkylation sites (tertiary alicyclic amines) is 1. The molecular weight excluding hydrogens is 638 g/mol. The van der Waals surface area contributed by atoms with Crippen LogP contribution in [0.25, 0.3) is 0 Å². The number of nitrogens with zero attached hydrogens (tertiary/aromatic N) is 3. The summed E-state index contributed by atoms with van der Waals surface area (Å²) in [7, 11) is 3.24. The summed E-state index contributed by atoms with van der Waals surface area (Å²) in [6.45, 7) is 11.0. The monoisotopic (exact) mass is 687 g/mol. The molecule has 3 aliphatic rings. The standard InChI is InChI=1S/C39H49N3O8/c1-7-10-16-31(44)40(5)25(4)34(26-14-12-11-13-15-26)49-38(47)32-30-21-22-39(50-30)33(32)36(45)42(27(9-3)24-43)35(39)37(46)41(23-8-2)28-17-19-29(48-6)20-18-28/h7-8,11-15,17-20,25,27,30,32-35,43H,1-2,9-10,16,21-24H2,3-6H3/t25-,27+,30-,32+,33+,34+,35-,39+/m1/s1. The van der Waals surface area contributed by atoms with Crippen LogP contribution in [0.1, 0.15) is 57.6 Å². The maximum atomic E-state index is 14.8. The summed E-state index contributed by atoms with van der Waals surface area (Å²) in [4.78, 5) is 61.4. The molecule has 0 unspecified atom stereocenters. The van der Waals surface area contributed by atoms with E-state index in [2.05, 4.69) is 13.2 Å². The van der Waals surface area contributed by atoms with E-state index in [0.717, 1.165) is 0 Å². The number of hydrogen-bond acceptors (Lipinski definition) is 8. The van der Waals surface area contributed by atoms with Gasteiger partial charge in [0.2, 0.25) is 11.8 Å². The van der Waals surface area contributed by atoms with E-state index in [9.17, 15) is 24.3 Å². The van der Waals surface area contributed by atoms with Crippen molar-refractivity contribution in [1.29, 1.82) is 0 Å². The number of fused-ring (bicyclic) bond motifs is 1. The second kappa shape index (κ2) is 15.6. The van der Waals surface area contributed by atoms with E-state index in [-0.39, 0.29) is 31.4 Å². The molecule has 0 radical (unpaired) electrons. The summed E-state index contributed by atoms with van der Waals surface area (Å²) < 4.78 is 18.3. The highest BCUT2D eigenvalue weighted by Gasteiger charge is 2.75. The molecule has 2 bridgehead atoms. The molecule has 268 valence electrons. The van der Waals surface area contributed by atoms with Gasteiger partial charge in [-0.3, -0.25) is 19.2 Å². The molecule has 0 aromatic heterocycles. The zero-order valence-corrected chi connectivity index (χ0v) is 29.4. The summed E-state index contributed by atoms with van der Waals surface area (Å²) in [5, 5.41) is 10.5. The lowest BCUT2D eigenvalue weighted by Gasteiger charge is -2.39. The Hall–Kier alpha value is -4.48. The summed E-state index contributed by atoms with van der Waals surface area (Å²) in [6, 6.07) is 13.9. The Morgan fingerprint density at radius 1 is 1.12 bits per heavy atom. The Morgan fingerprint density at radius 3 is 2.42 bits per heavy atom. The number of carbonyl (C=O) groups excluding carboxylic acids is 4. The second-order valence-corrected chi connectivity index (χ2v) is 13.3. The van der Waals surface area contributed by atoms with Gasteiger partial charge < -0.3 is 34.0 Å². The van der Waals surface area contributed by atoms with E-state index in [1.807, 2.05) is 44.2 Å². The molecule has 11 nitrogen and oxygen atoms in total. The molecule has 5 rings (SSSR count). The van der Waals surface area contributed by atoms with E-state index < -0.39 is 59.6 Å². The molecule has 3 aliphatic heterocycles. The molecule has 1 N–H and O–H groups in total. The first-order valence-electron chi connectivity index (χ1n) is 17.4. The van der Waals surface area contributed by atoms with Crippen molar-refractivity contribution in [3.05, 3.63) is 85.5 Å². The maximum Gasteiger partial charge on any atom is 0.313 e. The van der Waals surface area contributed by atoms with Gasteiger partial charge in [0.15, 0.2) is 0 Å². The molecule has 0 saturated carbocycles. The van der Waals surface area contributed by atoms with Gasteiger partial charge in [0.25, 0.3) is 5.91 Å². The number of esters is 1. The van der Waals surface area contributed by atoms with Crippen LogP contribution in [0, 0.1) is 11.8 Å². The normalized spacial score (nSPS) is 25.3. The van der Waals surface area contributed by atoms with Crippen LogP contribution in [0.4, 0.5) is 5.69 Å². The lowest BCUT2D eigenvalue weighted by atomic mass is 9.70. The fraction of sp³-hybridized carbons (Fsp3) is 0.487. The molecule has 2 aromatic carbocycles. The first-order chi connectivity index (χ1) is 24.1. The molecule has 3 fully saturated rings. The zero-order valence-electron chi connectivity index (χ0n) is 29.4. The van der Waals surface area contributed by atoms with Crippen LogP contribution in [0.3, 0.4) is 0 Å². The number of ether oxygens (including phenoxy) is 3. The van der Waals surface area contributed by atoms with Gasteiger partial charge in [0, 0.05) is 25.7 Å². The molecule has 11 heteroatoms. The first-order valence-corrected chi connectivity index (χ1v) is 17.4. The third-order valence-electron chi connectivity index (χ3n) is 10.7. The van der Waals surface area contributed by atoms with E-state index in [0.29, 0.717) is 42.7 Å². The Labute approximate surface area is 294 Å². The smallest absolute Gasteiger partial charge is 0.313 e. The van der Waals surface area contributed by atoms with Crippen LogP contribution in [-0.2, 0) is 28.7 Å². The van der Waals surface area contributed by atoms with Gasteiger partial charge in [-0.25, -0.2) is 0 Å². The zero-order chi connectivity index (χ0) is 36.2. The SMILES string of the molecule is C=CCCC(=O)N(C)[C@H](C)[C@H](OC(=O)[C@@H]1[C@H]2C(=O)N([C@@H](CC)CO)[C@H](C(=O)N(CC=C)c3ccc(OC)cc3)[C@]23CC[C@H]1O3)c1ccccc1. The highest BCUT2D eigenvalue weighted by Crippen LogP contribution is 2.59. The Bertz CT molecular complexity index is 1560. The van der Waals surface area contributed by atoms with Crippen molar-refractivity contribution in [1.82, 2.24) is 9.80 Å². The molecule has 3 amide bonds. The average Bonchev–Trinajstić information content (AvgIpc) is 3.79. The predicted molar refractivity (Wildman–Crippen MR) is 188 cm³/mol. The third-order valence-corrected chi connectivity index (χ3v) is 10.7. The Balaban J connectivity index is 1.51. The fourth-order valence-electron chi connectivity index (χ4n) is 7.93. The number of aliphatic hydroxyl groups is 1. The van der Waals surface area contributed by atoms with Crippen molar-refractivity contribution in [2.24, 2.45) is 11.8 Å². The van der Waals surface area contributed by atoms with Gasteiger partial charge in [-0.1, -0.05) is 49.4 Å². The molecule has 3 saturated heterocycles. The highest BCUT2D eigenvalue weighted by atomic mass is 16.6. The van der Waals surface area contributed by atoms with Crippen LogP contribution in [-0.4, -0.2) is 95.7 Å². The summed E-state index contributed by atoms with van der Waals surface area (Å²) >= 11 is 0. The number of benzene rings is 2. The van der Waals surface area contributed by atoms with Crippen molar-refractivity contribution in [2.45, 2.75) is 81.9 Å². The number of likely N-dealkylation sites (N-methyl/N-ethyl adjacent to an activating group) is 1. The minimum absolute atomic E-state index is 0.116. The van der Waals surface area contributed by atoms with Gasteiger partial charge in [0.1, 0.15) is 23.5 Å². The number of carbonyl (C=O) groups is 4. The summed E-state index contributed by atoms with van der Waals surface area (Å²) in [6.07, 6.45) is 3.83. The number of methoxy groups -OCH3 is 1. The number of anilines is 1. The van der Waals surface area contributed by atoms with Crippen LogP contribution >= 0.6 is 0 Å². The lowest BCUT2D eigenvalue weighted by Crippen LogP contribution is -2.59. The molecule has 0 aliphatic carbocycles. The predicted octanol–water partition coefficient (Wildman–Crippen LogP) is 4.46. The van der Waals surface area contributed by atoms with Crippen molar-refractivity contribution in [2.75, 3.05) is 32.2 Å². The van der Waals surface area contributed by atoms with Gasteiger partial charge >= 0.3 is 5.97 Å². The maximum absolute atomic E-state index is 14.8. The molecule has 3 heterocycles. The Kier molecular flexibility index (Phi) is 11.5. The van der Waals surface area contributed by atoms with Crippen molar-refractivity contribution >= 4 is 29.4 Å². The van der Waals surface area contributed by atoms with Crippen LogP contribution < -0.4 is 9.64 Å². The summed E-state index contributed by atoms with van der Waals surface area (Å²) in [5.41, 5.74) is -0.0220. The highest BCUT2D eigenvalue weighted by molar-refractivity contribution is 6.05. The molecular formula is C39H49N3O8. The third kappa shape index (κ3) is 6.56. The van der Waals surface area contributed by atoms with E-state index >= 15 is 0 Å². The van der Waals surface area contributed by atoms with Gasteiger partial charge in [-0.15, -0.1) is 13.2 Å². The molecule has 50 heavy (non-hydrogen) atoms. The lowest BCUT2D eigenvalue weighted by molar-refractivity contribution is -0.165. The number of rotatable bonds is 16. The summed E-state index contributed by atoms with van der Waals surface area (Å²) in [5.74, 6) is -2.89. The van der Waals surface area contributed by atoms with Gasteiger partial charge in [-0.05, 0) is 62.4 Å².